The topological polar surface area (TPSA) is 59.6 Å². The second-order valence-corrected chi connectivity index (χ2v) is 7.50. The molecule has 1 fully saturated rings. The average Bonchev–Trinajstić information content (AvgIpc) is 3.16. The molecule has 2 aromatic carbocycles. The summed E-state index contributed by atoms with van der Waals surface area (Å²) in [6.07, 6.45) is 0. The molecule has 1 amide bonds. The van der Waals surface area contributed by atoms with Gasteiger partial charge in [0.2, 0.25) is 5.91 Å². The summed E-state index contributed by atoms with van der Waals surface area (Å²) in [4.78, 5) is 31.7. The van der Waals surface area contributed by atoms with Crippen LogP contribution in [0.25, 0.3) is 5.69 Å². The van der Waals surface area contributed by atoms with E-state index >= 15 is 0 Å². The number of para-hydroxylation sites is 1. The molecule has 0 aliphatic carbocycles. The van der Waals surface area contributed by atoms with E-state index in [0.717, 1.165) is 16.9 Å². The van der Waals surface area contributed by atoms with Gasteiger partial charge >= 0.3 is 0 Å². The molecule has 0 saturated carbocycles. The predicted molar refractivity (Wildman–Crippen MR) is 112 cm³/mol. The number of hydrogen-bond acceptors (Lipinski definition) is 4. The van der Waals surface area contributed by atoms with Gasteiger partial charge in [-0.1, -0.05) is 60.3 Å². The van der Waals surface area contributed by atoms with Crippen LogP contribution in [0.4, 0.5) is 5.69 Å². The van der Waals surface area contributed by atoms with Gasteiger partial charge < -0.3 is 0 Å². The third-order valence-electron chi connectivity index (χ3n) is 4.77. The Kier molecular flexibility index (Phi) is 4.92. The number of nitrogens with zero attached hydrogens (tertiary/aromatic N) is 4. The summed E-state index contributed by atoms with van der Waals surface area (Å²) in [6, 6.07) is 19.2. The number of amidine groups is 1. The van der Waals surface area contributed by atoms with Crippen molar-refractivity contribution in [3.05, 3.63) is 82.3 Å². The molecule has 28 heavy (non-hydrogen) atoms. The third-order valence-corrected chi connectivity index (χ3v) is 5.73. The Balaban J connectivity index is 1.74. The first kappa shape index (κ1) is 18.3. The summed E-state index contributed by atoms with van der Waals surface area (Å²) >= 11 is 1.37. The Morgan fingerprint density at radius 1 is 1.00 bits per heavy atom. The van der Waals surface area contributed by atoms with E-state index < -0.39 is 0 Å². The lowest BCUT2D eigenvalue weighted by atomic mass is 10.2. The number of hydrogen-bond donors (Lipinski definition) is 0. The van der Waals surface area contributed by atoms with Crippen LogP contribution in [0.15, 0.2) is 70.5 Å². The number of benzene rings is 2. The molecule has 1 aromatic heterocycles. The van der Waals surface area contributed by atoms with Crippen LogP contribution in [-0.4, -0.2) is 31.1 Å². The van der Waals surface area contributed by atoms with Gasteiger partial charge in [-0.25, -0.2) is 9.67 Å². The highest BCUT2D eigenvalue weighted by atomic mass is 32.2. The lowest BCUT2D eigenvalue weighted by Crippen LogP contribution is -2.29. The van der Waals surface area contributed by atoms with Crippen LogP contribution in [-0.2, 0) is 18.4 Å². The van der Waals surface area contributed by atoms with Crippen molar-refractivity contribution >= 4 is 28.5 Å². The average molecular weight is 392 g/mol. The van der Waals surface area contributed by atoms with Gasteiger partial charge in [0.1, 0.15) is 0 Å². The van der Waals surface area contributed by atoms with E-state index in [9.17, 15) is 9.59 Å². The van der Waals surface area contributed by atoms with Crippen LogP contribution < -0.4 is 5.56 Å². The molecule has 1 aliphatic rings. The van der Waals surface area contributed by atoms with E-state index in [1.165, 1.54) is 11.8 Å². The molecule has 0 spiro atoms. The number of aliphatic imine (C=N–C) groups is 1. The molecule has 142 valence electrons. The van der Waals surface area contributed by atoms with Gasteiger partial charge in [-0.05, 0) is 24.6 Å². The van der Waals surface area contributed by atoms with Crippen molar-refractivity contribution in [3.63, 3.8) is 0 Å². The van der Waals surface area contributed by atoms with Gasteiger partial charge in [0.15, 0.2) is 10.9 Å². The van der Waals surface area contributed by atoms with Crippen molar-refractivity contribution in [2.45, 2.75) is 13.5 Å². The highest BCUT2D eigenvalue weighted by molar-refractivity contribution is 8.15. The van der Waals surface area contributed by atoms with Crippen LogP contribution >= 0.6 is 11.8 Å². The minimum Gasteiger partial charge on any atom is -0.286 e. The van der Waals surface area contributed by atoms with Crippen LogP contribution in [0.5, 0.6) is 0 Å². The molecular weight excluding hydrogens is 372 g/mol. The molecule has 7 heteroatoms. The predicted octanol–water partition coefficient (Wildman–Crippen LogP) is 3.25. The van der Waals surface area contributed by atoms with Crippen molar-refractivity contribution in [2.75, 3.05) is 5.75 Å². The molecular formula is C21H20N4O2S. The SMILES string of the molecule is Cc1c(N=C2SCC(=O)N2Cc2ccccc2)c(=O)n(-c2ccccc2)n1C. The molecule has 2 heterocycles. The Bertz CT molecular complexity index is 1100. The summed E-state index contributed by atoms with van der Waals surface area (Å²) in [6.45, 7) is 2.31. The molecule has 6 nitrogen and oxygen atoms in total. The van der Waals surface area contributed by atoms with Crippen molar-refractivity contribution in [1.82, 2.24) is 14.3 Å². The lowest BCUT2D eigenvalue weighted by molar-refractivity contribution is -0.124. The van der Waals surface area contributed by atoms with Gasteiger partial charge in [-0.3, -0.25) is 19.2 Å². The monoisotopic (exact) mass is 392 g/mol. The summed E-state index contributed by atoms with van der Waals surface area (Å²) < 4.78 is 3.39. The third kappa shape index (κ3) is 3.29. The minimum atomic E-state index is -0.196. The maximum atomic E-state index is 13.1. The zero-order chi connectivity index (χ0) is 19.7. The standard InChI is InChI=1S/C21H20N4O2S/c1-15-19(20(27)25(23(15)2)17-11-7-4-8-12-17)22-21-24(18(26)14-28-21)13-16-9-5-3-6-10-16/h3-12H,13-14H2,1-2H3. The molecule has 1 saturated heterocycles. The van der Waals surface area contributed by atoms with E-state index in [2.05, 4.69) is 4.99 Å². The normalized spacial score (nSPS) is 15.6. The van der Waals surface area contributed by atoms with Gasteiger partial charge in [-0.15, -0.1) is 0 Å². The van der Waals surface area contributed by atoms with Crippen molar-refractivity contribution in [3.8, 4) is 5.69 Å². The van der Waals surface area contributed by atoms with E-state index in [1.54, 1.807) is 14.3 Å². The van der Waals surface area contributed by atoms with E-state index in [1.807, 2.05) is 74.6 Å². The van der Waals surface area contributed by atoms with Crippen LogP contribution in [0.1, 0.15) is 11.3 Å². The molecule has 0 unspecified atom stereocenters. The Morgan fingerprint density at radius 3 is 2.32 bits per heavy atom. The number of rotatable bonds is 4. The first-order valence-electron chi connectivity index (χ1n) is 8.96. The van der Waals surface area contributed by atoms with Gasteiger partial charge in [0.25, 0.3) is 5.56 Å². The fraction of sp³-hybridized carbons (Fsp3) is 0.190. The molecule has 0 bridgehead atoms. The highest BCUT2D eigenvalue weighted by Crippen LogP contribution is 2.26. The summed E-state index contributed by atoms with van der Waals surface area (Å²) in [5, 5.41) is 0.569. The van der Waals surface area contributed by atoms with Crippen molar-refractivity contribution < 1.29 is 4.79 Å². The van der Waals surface area contributed by atoms with Crippen LogP contribution in [0.2, 0.25) is 0 Å². The molecule has 4 rings (SSSR count). The van der Waals surface area contributed by atoms with Crippen molar-refractivity contribution in [1.29, 1.82) is 0 Å². The van der Waals surface area contributed by atoms with E-state index in [-0.39, 0.29) is 11.5 Å². The Labute approximate surface area is 167 Å². The first-order chi connectivity index (χ1) is 13.6. The number of thioether (sulfide) groups is 1. The quantitative estimate of drug-likeness (QED) is 0.685. The van der Waals surface area contributed by atoms with Crippen LogP contribution in [0.3, 0.4) is 0 Å². The molecule has 1 aliphatic heterocycles. The number of carbonyl (C=O) groups excluding carboxylic acids is 1. The smallest absolute Gasteiger partial charge is 0.286 e. The van der Waals surface area contributed by atoms with Gasteiger partial charge in [-0.2, -0.15) is 0 Å². The van der Waals surface area contributed by atoms with Gasteiger partial charge in [0.05, 0.1) is 23.7 Å². The Morgan fingerprint density at radius 2 is 1.64 bits per heavy atom. The maximum absolute atomic E-state index is 13.1. The van der Waals surface area contributed by atoms with Crippen molar-refractivity contribution in [2.24, 2.45) is 12.0 Å². The molecule has 0 atom stereocenters. The van der Waals surface area contributed by atoms with E-state index in [0.29, 0.717) is 23.2 Å². The number of aromatic nitrogens is 2. The number of amides is 1. The summed E-state index contributed by atoms with van der Waals surface area (Å²) in [5.74, 6) is 0.342. The van der Waals surface area contributed by atoms with Gasteiger partial charge in [0, 0.05) is 7.05 Å². The zero-order valence-corrected chi connectivity index (χ0v) is 16.5. The lowest BCUT2D eigenvalue weighted by Gasteiger charge is -2.15. The van der Waals surface area contributed by atoms with E-state index in [4.69, 9.17) is 0 Å². The zero-order valence-electron chi connectivity index (χ0n) is 15.7. The second-order valence-electron chi connectivity index (χ2n) is 6.56. The molecule has 3 aromatic rings. The highest BCUT2D eigenvalue weighted by Gasteiger charge is 2.29. The van der Waals surface area contributed by atoms with Crippen LogP contribution in [0, 0.1) is 6.92 Å². The minimum absolute atomic E-state index is 0.00423. The molecule has 0 radical (unpaired) electrons. The fourth-order valence-electron chi connectivity index (χ4n) is 3.18. The fourth-order valence-corrected chi connectivity index (χ4v) is 4.07. The maximum Gasteiger partial charge on any atom is 0.297 e. The largest absolute Gasteiger partial charge is 0.297 e. The first-order valence-corrected chi connectivity index (χ1v) is 9.94. The second kappa shape index (κ2) is 7.52. The summed E-state index contributed by atoms with van der Waals surface area (Å²) in [5.41, 5.74) is 2.72. The number of carbonyl (C=O) groups is 1. The Hall–Kier alpha value is -3.06. The summed E-state index contributed by atoms with van der Waals surface area (Å²) in [7, 11) is 1.84. The molecule has 0 N–H and O–H groups in total.